The van der Waals surface area contributed by atoms with Crippen LogP contribution < -0.4 is 10.6 Å². The number of hydrogen-bond acceptors (Lipinski definition) is 2. The minimum absolute atomic E-state index is 0. The highest BCUT2D eigenvalue weighted by atomic mass is 35.5. The number of benzene rings is 2. The second-order valence-electron chi connectivity index (χ2n) is 5.86. The van der Waals surface area contributed by atoms with Gasteiger partial charge in [-0.15, -0.1) is 12.4 Å². The third-order valence-corrected chi connectivity index (χ3v) is 3.98. The van der Waals surface area contributed by atoms with Gasteiger partial charge in [0, 0.05) is 17.9 Å². The molecule has 3 nitrogen and oxygen atoms in total. The van der Waals surface area contributed by atoms with E-state index in [1.807, 2.05) is 47.4 Å². The van der Waals surface area contributed by atoms with Crippen molar-refractivity contribution in [3.8, 4) is 0 Å². The molecule has 1 aliphatic heterocycles. The van der Waals surface area contributed by atoms with Gasteiger partial charge >= 0.3 is 0 Å². The molecule has 1 unspecified atom stereocenters. The summed E-state index contributed by atoms with van der Waals surface area (Å²) < 4.78 is 0. The molecule has 0 bridgehead atoms. The van der Waals surface area contributed by atoms with E-state index in [4.69, 9.17) is 5.73 Å². The summed E-state index contributed by atoms with van der Waals surface area (Å²) in [5, 5.41) is 0. The fourth-order valence-corrected chi connectivity index (χ4v) is 2.94. The highest BCUT2D eigenvalue weighted by Gasteiger charge is 2.25. The maximum absolute atomic E-state index is 12.7. The summed E-state index contributed by atoms with van der Waals surface area (Å²) in [6, 6.07) is 15.7. The zero-order valence-electron chi connectivity index (χ0n) is 12.7. The summed E-state index contributed by atoms with van der Waals surface area (Å²) in [6.45, 7) is 2.99. The number of carbonyl (C=O) groups is 1. The number of para-hydroxylation sites is 1. The van der Waals surface area contributed by atoms with Crippen LogP contribution in [0, 0.1) is 5.92 Å². The van der Waals surface area contributed by atoms with Gasteiger partial charge in [-0.1, -0.05) is 37.3 Å². The van der Waals surface area contributed by atoms with Crippen LogP contribution in [0.1, 0.15) is 18.1 Å². The van der Waals surface area contributed by atoms with Crippen molar-refractivity contribution < 1.29 is 4.79 Å². The molecule has 1 aliphatic rings. The molecular formula is C18H21ClN2O. The molecule has 0 fully saturated rings. The van der Waals surface area contributed by atoms with Gasteiger partial charge < -0.3 is 10.6 Å². The first-order valence-electron chi connectivity index (χ1n) is 7.36. The van der Waals surface area contributed by atoms with Crippen molar-refractivity contribution in [1.29, 1.82) is 0 Å². The number of amides is 1. The molecule has 1 atom stereocenters. The van der Waals surface area contributed by atoms with Crippen molar-refractivity contribution >= 4 is 29.7 Å². The summed E-state index contributed by atoms with van der Waals surface area (Å²) in [4.78, 5) is 14.6. The van der Waals surface area contributed by atoms with E-state index in [0.717, 1.165) is 29.9 Å². The zero-order valence-corrected chi connectivity index (χ0v) is 13.5. The number of nitrogen functional groups attached to an aromatic ring is 1. The number of carbonyl (C=O) groups excluding carboxylic acids is 1. The Morgan fingerprint density at radius 3 is 2.59 bits per heavy atom. The van der Waals surface area contributed by atoms with E-state index in [1.165, 1.54) is 5.56 Å². The van der Waals surface area contributed by atoms with Crippen molar-refractivity contribution in [2.75, 3.05) is 17.2 Å². The molecule has 2 aromatic rings. The lowest BCUT2D eigenvalue weighted by Crippen LogP contribution is -2.40. The van der Waals surface area contributed by atoms with Gasteiger partial charge in [-0.3, -0.25) is 4.79 Å². The largest absolute Gasteiger partial charge is 0.399 e. The molecule has 22 heavy (non-hydrogen) atoms. The molecule has 4 heteroatoms. The molecule has 0 saturated carbocycles. The normalized spacial score (nSPS) is 16.6. The Balaban J connectivity index is 0.00000176. The number of anilines is 2. The van der Waals surface area contributed by atoms with Gasteiger partial charge in [0.25, 0.3) is 0 Å². The molecule has 0 aliphatic carbocycles. The van der Waals surface area contributed by atoms with E-state index in [9.17, 15) is 4.79 Å². The highest BCUT2D eigenvalue weighted by Crippen LogP contribution is 2.29. The van der Waals surface area contributed by atoms with Gasteiger partial charge in [0.2, 0.25) is 5.91 Å². The summed E-state index contributed by atoms with van der Waals surface area (Å²) in [7, 11) is 0. The molecule has 1 amide bonds. The van der Waals surface area contributed by atoms with Gasteiger partial charge in [0.1, 0.15) is 0 Å². The van der Waals surface area contributed by atoms with Crippen LogP contribution in [0.5, 0.6) is 0 Å². The smallest absolute Gasteiger partial charge is 0.231 e. The number of rotatable bonds is 2. The first-order valence-corrected chi connectivity index (χ1v) is 7.36. The molecule has 0 aromatic heterocycles. The van der Waals surface area contributed by atoms with E-state index >= 15 is 0 Å². The van der Waals surface area contributed by atoms with Crippen LogP contribution in [0.25, 0.3) is 0 Å². The lowest BCUT2D eigenvalue weighted by atomic mass is 9.93. The van der Waals surface area contributed by atoms with Crippen molar-refractivity contribution in [3.63, 3.8) is 0 Å². The second kappa shape index (κ2) is 6.84. The van der Waals surface area contributed by atoms with Gasteiger partial charge in [-0.2, -0.15) is 0 Å². The molecule has 116 valence electrons. The molecule has 2 aromatic carbocycles. The summed E-state index contributed by atoms with van der Waals surface area (Å²) in [6.07, 6.45) is 1.46. The lowest BCUT2D eigenvalue weighted by molar-refractivity contribution is -0.118. The number of nitrogens with two attached hydrogens (primary N) is 1. The third-order valence-electron chi connectivity index (χ3n) is 3.98. The molecule has 1 heterocycles. The fourth-order valence-electron chi connectivity index (χ4n) is 2.94. The van der Waals surface area contributed by atoms with Crippen LogP contribution in [-0.4, -0.2) is 12.5 Å². The monoisotopic (exact) mass is 316 g/mol. The fraction of sp³-hybridized carbons (Fsp3) is 0.278. The summed E-state index contributed by atoms with van der Waals surface area (Å²) in [5.74, 6) is 0.647. The predicted molar refractivity (Wildman–Crippen MR) is 93.5 cm³/mol. The van der Waals surface area contributed by atoms with Crippen LogP contribution in [0.2, 0.25) is 0 Å². The summed E-state index contributed by atoms with van der Waals surface area (Å²) in [5.41, 5.74) is 9.75. The average Bonchev–Trinajstić information content (AvgIpc) is 2.48. The zero-order chi connectivity index (χ0) is 14.8. The van der Waals surface area contributed by atoms with Crippen LogP contribution >= 0.6 is 12.4 Å². The number of nitrogens with zero attached hydrogens (tertiary/aromatic N) is 1. The first kappa shape index (κ1) is 16.4. The van der Waals surface area contributed by atoms with Crippen LogP contribution in [0.4, 0.5) is 11.4 Å². The Labute approximate surface area is 137 Å². The average molecular weight is 317 g/mol. The summed E-state index contributed by atoms with van der Waals surface area (Å²) >= 11 is 0. The number of hydrogen-bond donors (Lipinski definition) is 1. The Bertz CT molecular complexity index is 654. The molecule has 3 rings (SSSR count). The molecular weight excluding hydrogens is 296 g/mol. The lowest BCUT2D eigenvalue weighted by Gasteiger charge is -2.33. The Morgan fingerprint density at radius 1 is 1.18 bits per heavy atom. The maximum atomic E-state index is 12.7. The van der Waals surface area contributed by atoms with E-state index < -0.39 is 0 Å². The number of fused-ring (bicyclic) bond motifs is 1. The minimum Gasteiger partial charge on any atom is -0.399 e. The minimum atomic E-state index is 0. The predicted octanol–water partition coefficient (Wildman–Crippen LogP) is 3.46. The quantitative estimate of drug-likeness (QED) is 0.862. The van der Waals surface area contributed by atoms with Crippen molar-refractivity contribution in [2.24, 2.45) is 5.92 Å². The van der Waals surface area contributed by atoms with Crippen LogP contribution in [0.15, 0.2) is 48.5 Å². The molecule has 0 saturated heterocycles. The SMILES string of the molecule is CC1Cc2ccccc2N(C(=O)Cc2ccc(N)cc2)C1.Cl. The van der Waals surface area contributed by atoms with E-state index in [0.29, 0.717) is 12.3 Å². The highest BCUT2D eigenvalue weighted by molar-refractivity contribution is 5.96. The molecule has 2 N–H and O–H groups in total. The Kier molecular flexibility index (Phi) is 5.09. The van der Waals surface area contributed by atoms with E-state index in [-0.39, 0.29) is 18.3 Å². The van der Waals surface area contributed by atoms with Gasteiger partial charge in [0.15, 0.2) is 0 Å². The van der Waals surface area contributed by atoms with Gasteiger partial charge in [0.05, 0.1) is 6.42 Å². The molecule has 0 radical (unpaired) electrons. The van der Waals surface area contributed by atoms with Crippen LogP contribution in [0.3, 0.4) is 0 Å². The standard InChI is InChI=1S/C18H20N2O.ClH/c1-13-10-15-4-2-3-5-17(15)20(12-13)18(21)11-14-6-8-16(19)9-7-14;/h2-9,13H,10-12,19H2,1H3;1H. The third kappa shape index (κ3) is 3.42. The Morgan fingerprint density at radius 2 is 1.86 bits per heavy atom. The van der Waals surface area contributed by atoms with Crippen molar-refractivity contribution in [2.45, 2.75) is 19.8 Å². The first-order chi connectivity index (χ1) is 10.1. The number of halogens is 1. The topological polar surface area (TPSA) is 46.3 Å². The van der Waals surface area contributed by atoms with Crippen LogP contribution in [-0.2, 0) is 17.6 Å². The Hall–Kier alpha value is -2.00. The van der Waals surface area contributed by atoms with Gasteiger partial charge in [-0.05, 0) is 41.7 Å². The van der Waals surface area contributed by atoms with Crippen molar-refractivity contribution in [1.82, 2.24) is 0 Å². The van der Waals surface area contributed by atoms with E-state index in [1.54, 1.807) is 0 Å². The van der Waals surface area contributed by atoms with Crippen molar-refractivity contribution in [3.05, 3.63) is 59.7 Å². The van der Waals surface area contributed by atoms with E-state index in [2.05, 4.69) is 13.0 Å². The van der Waals surface area contributed by atoms with Gasteiger partial charge in [-0.25, -0.2) is 0 Å². The molecule has 0 spiro atoms. The second-order valence-corrected chi connectivity index (χ2v) is 5.86. The maximum Gasteiger partial charge on any atom is 0.231 e.